The minimum absolute atomic E-state index is 0.252. The lowest BCUT2D eigenvalue weighted by molar-refractivity contribution is -0.115. The Morgan fingerprint density at radius 3 is 2.81 bits per heavy atom. The molecule has 0 bridgehead atoms. The second-order valence-electron chi connectivity index (χ2n) is 5.34. The van der Waals surface area contributed by atoms with Crippen LogP contribution in [0.5, 0.6) is 0 Å². The van der Waals surface area contributed by atoms with Gasteiger partial charge in [0.1, 0.15) is 0 Å². The third kappa shape index (κ3) is 4.14. The van der Waals surface area contributed by atoms with Crippen molar-refractivity contribution in [2.24, 2.45) is 7.05 Å². The zero-order valence-corrected chi connectivity index (χ0v) is 16.2. The van der Waals surface area contributed by atoms with E-state index in [0.29, 0.717) is 16.0 Å². The molecule has 1 amide bonds. The summed E-state index contributed by atoms with van der Waals surface area (Å²) >= 11 is 13.1. The molecule has 1 atom stereocenters. The maximum absolute atomic E-state index is 12.4. The molecule has 0 aliphatic heterocycles. The van der Waals surface area contributed by atoms with Crippen LogP contribution in [0.2, 0.25) is 10.0 Å². The van der Waals surface area contributed by atoms with Crippen LogP contribution in [-0.2, 0) is 11.8 Å². The van der Waals surface area contributed by atoms with E-state index in [1.807, 2.05) is 23.7 Å². The van der Waals surface area contributed by atoms with Crippen molar-refractivity contribution < 1.29 is 4.79 Å². The van der Waals surface area contributed by atoms with Crippen LogP contribution in [-0.4, -0.2) is 35.9 Å². The highest BCUT2D eigenvalue weighted by Gasteiger charge is 2.20. The standard InChI is InChI=1S/C16H14Cl2N6OS/c1-9(15(25)21-13-12(18)6-11(17)8-20-13)26-16-23-22-14(24(16)2)10-4-3-5-19-7-10/h3-9H,1-2H3,(H,20,21,25). The Hall–Kier alpha value is -2.16. The third-order valence-electron chi connectivity index (χ3n) is 3.46. The van der Waals surface area contributed by atoms with Crippen LogP contribution in [0.3, 0.4) is 0 Å². The Bertz CT molecular complexity index is 934. The molecule has 0 aliphatic rings. The van der Waals surface area contributed by atoms with Gasteiger partial charge in [0, 0.05) is 31.2 Å². The molecule has 134 valence electrons. The molecule has 0 saturated carbocycles. The molecule has 26 heavy (non-hydrogen) atoms. The van der Waals surface area contributed by atoms with E-state index >= 15 is 0 Å². The van der Waals surface area contributed by atoms with Gasteiger partial charge in [0.05, 0.1) is 15.3 Å². The highest BCUT2D eigenvalue weighted by Crippen LogP contribution is 2.27. The zero-order chi connectivity index (χ0) is 18.7. The fourth-order valence-corrected chi connectivity index (χ4v) is 3.34. The maximum atomic E-state index is 12.4. The molecule has 1 N–H and O–H groups in total. The second-order valence-corrected chi connectivity index (χ2v) is 7.49. The molecule has 7 nitrogen and oxygen atoms in total. The van der Waals surface area contributed by atoms with Gasteiger partial charge in [-0.15, -0.1) is 10.2 Å². The van der Waals surface area contributed by atoms with Crippen LogP contribution < -0.4 is 5.32 Å². The number of hydrogen-bond acceptors (Lipinski definition) is 6. The van der Waals surface area contributed by atoms with Crippen LogP contribution in [0.1, 0.15) is 6.92 Å². The summed E-state index contributed by atoms with van der Waals surface area (Å²) in [4.78, 5) is 20.5. The van der Waals surface area contributed by atoms with E-state index in [1.165, 1.54) is 24.0 Å². The molecule has 3 aromatic heterocycles. The monoisotopic (exact) mass is 408 g/mol. The van der Waals surface area contributed by atoms with Crippen LogP contribution in [0, 0.1) is 0 Å². The number of pyridine rings is 2. The molecule has 0 radical (unpaired) electrons. The zero-order valence-electron chi connectivity index (χ0n) is 13.8. The summed E-state index contributed by atoms with van der Waals surface area (Å²) in [5.41, 5.74) is 0.851. The molecule has 0 saturated heterocycles. The van der Waals surface area contributed by atoms with Gasteiger partial charge in [-0.1, -0.05) is 35.0 Å². The number of carbonyl (C=O) groups is 1. The number of thioether (sulfide) groups is 1. The first-order valence-electron chi connectivity index (χ1n) is 7.54. The van der Waals surface area contributed by atoms with Gasteiger partial charge in [0.25, 0.3) is 0 Å². The van der Waals surface area contributed by atoms with Crippen LogP contribution in [0.15, 0.2) is 41.9 Å². The van der Waals surface area contributed by atoms with E-state index in [2.05, 4.69) is 25.5 Å². The van der Waals surface area contributed by atoms with Crippen LogP contribution >= 0.6 is 35.0 Å². The van der Waals surface area contributed by atoms with E-state index in [1.54, 1.807) is 19.3 Å². The van der Waals surface area contributed by atoms with Gasteiger partial charge in [0.2, 0.25) is 5.91 Å². The van der Waals surface area contributed by atoms with Gasteiger partial charge in [0.15, 0.2) is 16.8 Å². The van der Waals surface area contributed by atoms with Crippen molar-refractivity contribution in [2.45, 2.75) is 17.3 Å². The maximum Gasteiger partial charge on any atom is 0.238 e. The Balaban J connectivity index is 1.71. The summed E-state index contributed by atoms with van der Waals surface area (Å²) in [6.07, 6.45) is 4.82. The van der Waals surface area contributed by atoms with E-state index in [-0.39, 0.29) is 16.7 Å². The average Bonchev–Trinajstić information content (AvgIpc) is 2.98. The number of halogens is 2. The lowest BCUT2D eigenvalue weighted by Crippen LogP contribution is -2.23. The Morgan fingerprint density at radius 1 is 1.31 bits per heavy atom. The first-order valence-corrected chi connectivity index (χ1v) is 9.17. The van der Waals surface area contributed by atoms with E-state index in [9.17, 15) is 4.79 Å². The van der Waals surface area contributed by atoms with Gasteiger partial charge in [-0.05, 0) is 25.1 Å². The van der Waals surface area contributed by atoms with Crippen molar-refractivity contribution in [2.75, 3.05) is 5.32 Å². The summed E-state index contributed by atoms with van der Waals surface area (Å²) in [5, 5.41) is 11.9. The lowest BCUT2D eigenvalue weighted by atomic mass is 10.3. The Labute approximate surface area is 164 Å². The topological polar surface area (TPSA) is 85.6 Å². The average molecular weight is 409 g/mol. The number of amides is 1. The van der Waals surface area contributed by atoms with Crippen molar-refractivity contribution >= 4 is 46.7 Å². The summed E-state index contributed by atoms with van der Waals surface area (Å²) in [6, 6.07) is 5.25. The summed E-state index contributed by atoms with van der Waals surface area (Å²) in [7, 11) is 1.84. The van der Waals surface area contributed by atoms with Gasteiger partial charge in [-0.25, -0.2) is 4.98 Å². The predicted octanol–water partition coefficient (Wildman–Crippen LogP) is 3.70. The van der Waals surface area contributed by atoms with Gasteiger partial charge in [-0.3, -0.25) is 9.78 Å². The molecule has 3 aromatic rings. The number of nitrogens with zero attached hydrogens (tertiary/aromatic N) is 5. The molecule has 0 aromatic carbocycles. The van der Waals surface area contributed by atoms with Crippen LogP contribution in [0.25, 0.3) is 11.4 Å². The Morgan fingerprint density at radius 2 is 2.12 bits per heavy atom. The van der Waals surface area contributed by atoms with Gasteiger partial charge in [-0.2, -0.15) is 0 Å². The number of rotatable bonds is 5. The number of aromatic nitrogens is 5. The van der Waals surface area contributed by atoms with Gasteiger partial charge >= 0.3 is 0 Å². The smallest absolute Gasteiger partial charge is 0.238 e. The SMILES string of the molecule is CC(Sc1nnc(-c2cccnc2)n1C)C(=O)Nc1ncc(Cl)cc1Cl. The summed E-state index contributed by atoms with van der Waals surface area (Å²) in [5.74, 6) is 0.691. The number of nitrogens with one attached hydrogen (secondary N) is 1. The number of anilines is 1. The van der Waals surface area contributed by atoms with Crippen molar-refractivity contribution in [3.05, 3.63) is 46.8 Å². The highest BCUT2D eigenvalue weighted by atomic mass is 35.5. The molecule has 10 heteroatoms. The minimum Gasteiger partial charge on any atom is -0.308 e. The van der Waals surface area contributed by atoms with E-state index in [4.69, 9.17) is 23.2 Å². The fraction of sp³-hybridized carbons (Fsp3) is 0.188. The molecule has 1 unspecified atom stereocenters. The first kappa shape index (κ1) is 18.6. The number of hydrogen-bond donors (Lipinski definition) is 1. The van der Waals surface area contributed by atoms with Crippen LogP contribution in [0.4, 0.5) is 5.82 Å². The quantitative estimate of drug-likeness (QED) is 0.647. The third-order valence-corrected chi connectivity index (χ3v) is 5.08. The van der Waals surface area contributed by atoms with Gasteiger partial charge < -0.3 is 9.88 Å². The minimum atomic E-state index is -0.437. The summed E-state index contributed by atoms with van der Waals surface area (Å²) in [6.45, 7) is 1.77. The molecule has 0 fully saturated rings. The predicted molar refractivity (Wildman–Crippen MR) is 102 cm³/mol. The van der Waals surface area contributed by atoms with Crippen molar-refractivity contribution in [3.63, 3.8) is 0 Å². The normalized spacial score (nSPS) is 12.0. The highest BCUT2D eigenvalue weighted by molar-refractivity contribution is 8.00. The van der Waals surface area contributed by atoms with E-state index in [0.717, 1.165) is 5.56 Å². The number of carbonyl (C=O) groups excluding carboxylic acids is 1. The summed E-state index contributed by atoms with van der Waals surface area (Å²) < 4.78 is 1.82. The van der Waals surface area contributed by atoms with Crippen molar-refractivity contribution in [1.29, 1.82) is 0 Å². The molecular weight excluding hydrogens is 395 g/mol. The molecular formula is C16H14Cl2N6OS. The first-order chi connectivity index (χ1) is 12.5. The second kappa shape index (κ2) is 8.03. The Kier molecular flexibility index (Phi) is 5.75. The molecule has 3 heterocycles. The lowest BCUT2D eigenvalue weighted by Gasteiger charge is -2.12. The fourth-order valence-electron chi connectivity index (χ4n) is 2.10. The van der Waals surface area contributed by atoms with E-state index < -0.39 is 5.25 Å². The van der Waals surface area contributed by atoms with Crippen molar-refractivity contribution in [3.8, 4) is 11.4 Å². The van der Waals surface area contributed by atoms with Crippen molar-refractivity contribution in [1.82, 2.24) is 24.7 Å². The molecule has 0 aliphatic carbocycles. The largest absolute Gasteiger partial charge is 0.308 e. The molecule has 3 rings (SSSR count). The molecule has 0 spiro atoms.